The molecule has 0 amide bonds. The molecule has 1 aromatic heterocycles. The maximum absolute atomic E-state index is 4.10. The van der Waals surface area contributed by atoms with Gasteiger partial charge in [0.1, 0.15) is 0 Å². The molecular formula is C21H15N. The maximum atomic E-state index is 4.10. The molecular weight excluding hydrogens is 266 g/mol. The fourth-order valence-corrected chi connectivity index (χ4v) is 2.88. The van der Waals surface area contributed by atoms with Crippen molar-refractivity contribution in [2.24, 2.45) is 0 Å². The molecule has 4 rings (SSSR count). The van der Waals surface area contributed by atoms with Gasteiger partial charge in [-0.25, -0.2) is 0 Å². The highest BCUT2D eigenvalue weighted by Crippen LogP contribution is 2.41. The van der Waals surface area contributed by atoms with Gasteiger partial charge >= 0.3 is 0 Å². The van der Waals surface area contributed by atoms with Crippen LogP contribution >= 0.6 is 0 Å². The van der Waals surface area contributed by atoms with Gasteiger partial charge < -0.3 is 0 Å². The van der Waals surface area contributed by atoms with E-state index >= 15 is 0 Å². The third kappa shape index (κ3) is 2.27. The number of rotatable bonds is 2. The molecule has 0 bridgehead atoms. The Balaban J connectivity index is 1.89. The first-order valence-corrected chi connectivity index (χ1v) is 7.40. The fourth-order valence-electron chi connectivity index (χ4n) is 2.88. The van der Waals surface area contributed by atoms with Crippen LogP contribution in [0.4, 0.5) is 0 Å². The average molecular weight is 281 g/mol. The topological polar surface area (TPSA) is 12.9 Å². The second-order valence-corrected chi connectivity index (χ2v) is 5.35. The monoisotopic (exact) mass is 281 g/mol. The van der Waals surface area contributed by atoms with Crippen molar-refractivity contribution in [1.29, 1.82) is 0 Å². The molecule has 0 radical (unpaired) electrons. The van der Waals surface area contributed by atoms with E-state index < -0.39 is 0 Å². The summed E-state index contributed by atoms with van der Waals surface area (Å²) in [6.45, 7) is 0. The number of hydrogen-bond acceptors (Lipinski definition) is 1. The predicted molar refractivity (Wildman–Crippen MR) is 92.9 cm³/mol. The van der Waals surface area contributed by atoms with Crippen LogP contribution in [0.1, 0.15) is 22.3 Å². The van der Waals surface area contributed by atoms with Crippen LogP contribution < -0.4 is 0 Å². The number of fused-ring (bicyclic) bond motifs is 1. The predicted octanol–water partition coefficient (Wildman–Crippen LogP) is 5.18. The van der Waals surface area contributed by atoms with Crippen LogP contribution in [-0.2, 0) is 0 Å². The van der Waals surface area contributed by atoms with Gasteiger partial charge in [0, 0.05) is 12.4 Å². The summed E-state index contributed by atoms with van der Waals surface area (Å²) < 4.78 is 0. The molecule has 2 aromatic carbocycles. The first-order chi connectivity index (χ1) is 10.9. The zero-order chi connectivity index (χ0) is 14.8. The summed E-state index contributed by atoms with van der Waals surface area (Å²) in [5.74, 6) is 0. The van der Waals surface area contributed by atoms with Crippen LogP contribution in [0.15, 0.2) is 79.1 Å². The lowest BCUT2D eigenvalue weighted by Crippen LogP contribution is -1.86. The summed E-state index contributed by atoms with van der Waals surface area (Å²) in [5.41, 5.74) is 7.54. The van der Waals surface area contributed by atoms with Crippen molar-refractivity contribution < 1.29 is 0 Å². The number of allylic oxidation sites excluding steroid dienone is 2. The molecule has 0 aliphatic heterocycles. The Kier molecular flexibility index (Phi) is 3.17. The Hall–Kier alpha value is -2.93. The van der Waals surface area contributed by atoms with E-state index in [1.165, 1.54) is 33.4 Å². The molecule has 1 heterocycles. The number of hydrogen-bond donors (Lipinski definition) is 0. The van der Waals surface area contributed by atoms with Gasteiger partial charge in [0.25, 0.3) is 0 Å². The highest BCUT2D eigenvalue weighted by Gasteiger charge is 2.19. The number of aromatic nitrogens is 1. The summed E-state index contributed by atoms with van der Waals surface area (Å²) in [6.07, 6.45) is 8.18. The Bertz CT molecular complexity index is 859. The molecule has 0 fully saturated rings. The van der Waals surface area contributed by atoms with E-state index in [0.29, 0.717) is 0 Å². The molecule has 22 heavy (non-hydrogen) atoms. The van der Waals surface area contributed by atoms with Gasteiger partial charge in [0.15, 0.2) is 0 Å². The van der Waals surface area contributed by atoms with E-state index in [4.69, 9.17) is 0 Å². The van der Waals surface area contributed by atoms with Crippen molar-refractivity contribution in [3.05, 3.63) is 101 Å². The van der Waals surface area contributed by atoms with Crippen LogP contribution in [0.5, 0.6) is 0 Å². The Morgan fingerprint density at radius 1 is 0.727 bits per heavy atom. The van der Waals surface area contributed by atoms with Gasteiger partial charge in [-0.2, -0.15) is 0 Å². The van der Waals surface area contributed by atoms with Crippen molar-refractivity contribution in [2.45, 2.75) is 0 Å². The molecule has 1 heteroatoms. The van der Waals surface area contributed by atoms with Crippen molar-refractivity contribution in [3.63, 3.8) is 0 Å². The lowest BCUT2D eigenvalue weighted by molar-refractivity contribution is 1.32. The molecule has 1 nitrogen and oxygen atoms in total. The van der Waals surface area contributed by atoms with Crippen LogP contribution in [0, 0.1) is 0 Å². The number of nitrogens with zero attached hydrogens (tertiary/aromatic N) is 1. The highest BCUT2D eigenvalue weighted by molar-refractivity contribution is 6.21. The van der Waals surface area contributed by atoms with E-state index in [2.05, 4.69) is 71.7 Å². The van der Waals surface area contributed by atoms with Crippen molar-refractivity contribution >= 4 is 23.3 Å². The molecule has 1 aliphatic carbocycles. The van der Waals surface area contributed by atoms with Crippen molar-refractivity contribution in [3.8, 4) is 0 Å². The van der Waals surface area contributed by atoms with Crippen LogP contribution in [0.3, 0.4) is 0 Å². The normalized spacial score (nSPS) is 14.7. The molecule has 0 unspecified atom stereocenters. The zero-order valence-electron chi connectivity index (χ0n) is 12.1. The first kappa shape index (κ1) is 12.8. The third-order valence-corrected chi connectivity index (χ3v) is 3.94. The number of pyridine rings is 1. The second kappa shape index (κ2) is 5.45. The minimum Gasteiger partial charge on any atom is -0.265 e. The summed E-state index contributed by atoms with van der Waals surface area (Å²) in [4.78, 5) is 4.10. The summed E-state index contributed by atoms with van der Waals surface area (Å²) in [7, 11) is 0. The van der Waals surface area contributed by atoms with Crippen molar-refractivity contribution in [2.75, 3.05) is 0 Å². The lowest BCUT2D eigenvalue weighted by Gasteiger charge is -2.08. The molecule has 0 spiro atoms. The smallest absolute Gasteiger partial charge is 0.0273 e. The van der Waals surface area contributed by atoms with Gasteiger partial charge in [-0.15, -0.1) is 0 Å². The minimum absolute atomic E-state index is 1.17. The van der Waals surface area contributed by atoms with E-state index in [1.54, 1.807) is 0 Å². The first-order valence-electron chi connectivity index (χ1n) is 7.40. The standard InChI is InChI=1S/C21H15N/c1-2-6-17(7-3-1)20-15-18-8-4-5-9-19(18)21(20)14-16-10-12-22-13-11-16/h1-15H/b21-14-. The third-order valence-electron chi connectivity index (χ3n) is 3.94. The van der Waals surface area contributed by atoms with Crippen LogP contribution in [-0.4, -0.2) is 4.98 Å². The van der Waals surface area contributed by atoms with E-state index in [-0.39, 0.29) is 0 Å². The average Bonchev–Trinajstić information content (AvgIpc) is 2.95. The van der Waals surface area contributed by atoms with E-state index in [0.717, 1.165) is 0 Å². The lowest BCUT2D eigenvalue weighted by atomic mass is 9.96. The molecule has 0 atom stereocenters. The fraction of sp³-hybridized carbons (Fsp3) is 0. The van der Waals surface area contributed by atoms with Gasteiger partial charge in [-0.05, 0) is 57.7 Å². The van der Waals surface area contributed by atoms with Crippen LogP contribution in [0.25, 0.3) is 23.3 Å². The molecule has 104 valence electrons. The minimum atomic E-state index is 1.17. The molecule has 0 N–H and O–H groups in total. The second-order valence-electron chi connectivity index (χ2n) is 5.35. The van der Waals surface area contributed by atoms with Gasteiger partial charge in [0.2, 0.25) is 0 Å². The van der Waals surface area contributed by atoms with Crippen molar-refractivity contribution in [1.82, 2.24) is 4.98 Å². The molecule has 3 aromatic rings. The zero-order valence-corrected chi connectivity index (χ0v) is 12.1. The Labute approximate surface area is 130 Å². The molecule has 0 saturated heterocycles. The number of benzene rings is 2. The summed E-state index contributed by atoms with van der Waals surface area (Å²) in [5, 5.41) is 0. The largest absolute Gasteiger partial charge is 0.265 e. The van der Waals surface area contributed by atoms with Crippen LogP contribution in [0.2, 0.25) is 0 Å². The van der Waals surface area contributed by atoms with E-state index in [1.807, 2.05) is 24.5 Å². The summed E-state index contributed by atoms with van der Waals surface area (Å²) in [6, 6.07) is 23.2. The SMILES string of the molecule is C1=C(c2ccccc2)/C(=C\c2ccncc2)c2ccccc21. The van der Waals surface area contributed by atoms with Gasteiger partial charge in [-0.1, -0.05) is 54.6 Å². The Morgan fingerprint density at radius 3 is 2.27 bits per heavy atom. The highest BCUT2D eigenvalue weighted by atomic mass is 14.6. The van der Waals surface area contributed by atoms with Gasteiger partial charge in [-0.3, -0.25) is 4.98 Å². The van der Waals surface area contributed by atoms with Gasteiger partial charge in [0.05, 0.1) is 0 Å². The maximum Gasteiger partial charge on any atom is 0.0273 e. The molecule has 0 saturated carbocycles. The summed E-state index contributed by atoms with van der Waals surface area (Å²) >= 11 is 0. The Morgan fingerprint density at radius 2 is 1.45 bits per heavy atom. The van der Waals surface area contributed by atoms with E-state index in [9.17, 15) is 0 Å². The molecule has 1 aliphatic rings. The quantitative estimate of drug-likeness (QED) is 0.631.